The highest BCUT2D eigenvalue weighted by molar-refractivity contribution is 5.92. The molecule has 3 saturated heterocycles. The fourth-order valence-corrected chi connectivity index (χ4v) is 10.1. The number of epoxide rings is 1. The first-order chi connectivity index (χ1) is 20.3. The fourth-order valence-electron chi connectivity index (χ4n) is 10.1. The van der Waals surface area contributed by atoms with Gasteiger partial charge in [-0.3, -0.25) is 4.79 Å². The maximum Gasteiger partial charge on any atom is 0.335 e. The third-order valence-corrected chi connectivity index (χ3v) is 12.4. The third-order valence-electron chi connectivity index (χ3n) is 12.4. The molecule has 0 amide bonds. The Labute approximate surface area is 255 Å². The van der Waals surface area contributed by atoms with E-state index in [0.29, 0.717) is 12.0 Å². The van der Waals surface area contributed by atoms with Crippen molar-refractivity contribution in [1.29, 1.82) is 0 Å². The number of rotatable bonds is 6. The molecule has 14 atom stereocenters. The van der Waals surface area contributed by atoms with Crippen molar-refractivity contribution in [1.82, 2.24) is 0 Å². The molecule has 0 bridgehead atoms. The molecule has 44 heavy (non-hydrogen) atoms. The zero-order chi connectivity index (χ0) is 32.4. The molecule has 13 nitrogen and oxygen atoms in total. The van der Waals surface area contributed by atoms with E-state index in [9.17, 15) is 40.2 Å². The number of ether oxygens (including phenoxy) is 4. The predicted octanol–water partition coefficient (Wildman–Crippen LogP) is 0.895. The van der Waals surface area contributed by atoms with Crippen LogP contribution in [0.5, 0.6) is 0 Å². The second-order valence-electron chi connectivity index (χ2n) is 14.7. The Hall–Kier alpha value is -1.94. The molecule has 2 saturated carbocycles. The number of carbonyl (C=O) groups is 2. The minimum absolute atomic E-state index is 0.0319. The van der Waals surface area contributed by atoms with E-state index in [1.807, 2.05) is 20.8 Å². The molecule has 13 heteroatoms. The number of furan rings is 1. The molecular formula is C31H44O13. The highest BCUT2D eigenvalue weighted by Gasteiger charge is 2.88. The summed E-state index contributed by atoms with van der Waals surface area (Å²) in [5, 5.41) is 63.6. The number of carboxylic acids is 1. The SMILES string of the molecule is CC1(C)O[C@](C)(O)[C@]2(C)[C@H]3CC[C@@](C)([C@@H](O[C@@H]4O[C@H](CO)[C@@H](O)[C@H](O)[C@H]4O)c4ccoc4)[C@@]4(O[C@@H]4C(=O)O)[C@]3(C)C(=O)C[C@@H]12. The Morgan fingerprint density at radius 2 is 1.75 bits per heavy atom. The zero-order valence-corrected chi connectivity index (χ0v) is 25.8. The number of carbonyl (C=O) groups excluding carboxylic acids is 1. The van der Waals surface area contributed by atoms with Gasteiger partial charge in [-0.05, 0) is 52.5 Å². The van der Waals surface area contributed by atoms with E-state index in [1.54, 1.807) is 26.8 Å². The topological polar surface area (TPSA) is 209 Å². The molecule has 1 aromatic heterocycles. The van der Waals surface area contributed by atoms with E-state index in [1.165, 1.54) is 12.5 Å². The Morgan fingerprint density at radius 3 is 2.32 bits per heavy atom. The van der Waals surface area contributed by atoms with E-state index >= 15 is 0 Å². The predicted molar refractivity (Wildman–Crippen MR) is 147 cm³/mol. The number of aliphatic hydroxyl groups is 5. The van der Waals surface area contributed by atoms with E-state index in [0.717, 1.165) is 0 Å². The van der Waals surface area contributed by atoms with Gasteiger partial charge in [-0.25, -0.2) is 4.79 Å². The fraction of sp³-hybridized carbons (Fsp3) is 0.806. The molecule has 0 aromatic carbocycles. The van der Waals surface area contributed by atoms with Crippen molar-refractivity contribution in [2.75, 3.05) is 6.61 Å². The number of ketones is 1. The monoisotopic (exact) mass is 624 g/mol. The Morgan fingerprint density at radius 1 is 1.07 bits per heavy atom. The lowest BCUT2D eigenvalue weighted by molar-refractivity contribution is -0.329. The maximum atomic E-state index is 14.5. The standard InChI is InChI=1S/C31H44O13/c1-26(2)17-11-18(33)29(5)16(28(17,4)30(6,39)44-26)7-9-27(3,31(29)23(43-31)24(37)38)22(14-8-10-40-13-14)42-25-21(36)20(35)19(34)15(12-32)41-25/h8,10,13,15-17,19-23,25,32,34-36,39H,7,9,11-12H2,1-6H3,(H,37,38)/t15-,16-,17+,19-,20+,21-,22+,23-,25+,27+,28-,29+,30+,31-/m1/s1. The van der Waals surface area contributed by atoms with Gasteiger partial charge in [0.05, 0.1) is 36.3 Å². The minimum Gasteiger partial charge on any atom is -0.479 e. The van der Waals surface area contributed by atoms with Gasteiger partial charge in [0.1, 0.15) is 35.8 Å². The van der Waals surface area contributed by atoms with Crippen LogP contribution in [0.3, 0.4) is 0 Å². The van der Waals surface area contributed by atoms with Crippen LogP contribution in [0.15, 0.2) is 23.0 Å². The van der Waals surface area contributed by atoms with Gasteiger partial charge in [-0.2, -0.15) is 0 Å². The molecule has 6 rings (SSSR count). The summed E-state index contributed by atoms with van der Waals surface area (Å²) >= 11 is 0. The van der Waals surface area contributed by atoms with Gasteiger partial charge in [0, 0.05) is 28.7 Å². The highest BCUT2D eigenvalue weighted by atomic mass is 16.7. The van der Waals surface area contributed by atoms with Crippen molar-refractivity contribution in [3.63, 3.8) is 0 Å². The number of aliphatic hydroxyl groups excluding tert-OH is 4. The van der Waals surface area contributed by atoms with Crippen LogP contribution in [0.4, 0.5) is 0 Å². The van der Waals surface area contributed by atoms with Crippen LogP contribution >= 0.6 is 0 Å². The van der Waals surface area contributed by atoms with Crippen molar-refractivity contribution in [3.8, 4) is 0 Å². The van der Waals surface area contributed by atoms with Crippen molar-refractivity contribution >= 4 is 11.8 Å². The van der Waals surface area contributed by atoms with Crippen LogP contribution in [0, 0.1) is 28.1 Å². The molecule has 3 aliphatic heterocycles. The number of carboxylic acid groups (broad SMARTS) is 1. The zero-order valence-electron chi connectivity index (χ0n) is 25.8. The first-order valence-corrected chi connectivity index (χ1v) is 15.2. The van der Waals surface area contributed by atoms with Gasteiger partial charge in [0.25, 0.3) is 0 Å². The normalized spacial score (nSPS) is 51.9. The summed E-state index contributed by atoms with van der Waals surface area (Å²) in [6.07, 6.45) is -6.90. The molecule has 1 spiro atoms. The average molecular weight is 625 g/mol. The van der Waals surface area contributed by atoms with Crippen molar-refractivity contribution in [2.24, 2.45) is 28.1 Å². The molecule has 4 heterocycles. The smallest absolute Gasteiger partial charge is 0.335 e. The lowest BCUT2D eigenvalue weighted by Crippen LogP contribution is -2.71. The second kappa shape index (κ2) is 9.79. The summed E-state index contributed by atoms with van der Waals surface area (Å²) in [4.78, 5) is 27.3. The van der Waals surface area contributed by atoms with Crippen LogP contribution < -0.4 is 0 Å². The quantitative estimate of drug-likeness (QED) is 0.243. The van der Waals surface area contributed by atoms with Crippen LogP contribution in [0.2, 0.25) is 0 Å². The van der Waals surface area contributed by atoms with Crippen LogP contribution in [-0.4, -0.2) is 103 Å². The van der Waals surface area contributed by atoms with Crippen molar-refractivity contribution in [3.05, 3.63) is 24.2 Å². The maximum absolute atomic E-state index is 14.5. The summed E-state index contributed by atoms with van der Waals surface area (Å²) in [6, 6.07) is 1.61. The van der Waals surface area contributed by atoms with Gasteiger partial charge >= 0.3 is 5.97 Å². The van der Waals surface area contributed by atoms with Crippen LogP contribution in [0.25, 0.3) is 0 Å². The first kappa shape index (κ1) is 32.0. The van der Waals surface area contributed by atoms with Gasteiger partial charge in [-0.1, -0.05) is 13.8 Å². The molecular weight excluding hydrogens is 580 g/mol. The number of hydrogen-bond acceptors (Lipinski definition) is 12. The Bertz CT molecular complexity index is 1310. The number of Topliss-reactive ketones (excluding diaryl/α,β-unsaturated/α-hetero) is 1. The molecule has 6 N–H and O–H groups in total. The van der Waals surface area contributed by atoms with E-state index in [2.05, 4.69) is 0 Å². The minimum atomic E-state index is -1.73. The number of aliphatic carboxylic acids is 1. The van der Waals surface area contributed by atoms with E-state index in [-0.39, 0.29) is 24.5 Å². The summed E-state index contributed by atoms with van der Waals surface area (Å²) in [7, 11) is 0. The molecule has 5 aliphatic rings. The summed E-state index contributed by atoms with van der Waals surface area (Å²) < 4.78 is 30.0. The number of hydrogen-bond donors (Lipinski definition) is 6. The lowest BCUT2D eigenvalue weighted by Gasteiger charge is -2.64. The van der Waals surface area contributed by atoms with Crippen LogP contribution in [-0.2, 0) is 28.5 Å². The molecule has 0 unspecified atom stereocenters. The highest BCUT2D eigenvalue weighted by Crippen LogP contribution is 2.79. The Kier molecular flexibility index (Phi) is 7.12. The molecule has 246 valence electrons. The first-order valence-electron chi connectivity index (χ1n) is 15.2. The second-order valence-corrected chi connectivity index (χ2v) is 14.7. The molecule has 0 radical (unpaired) electrons. The molecule has 1 aromatic rings. The van der Waals surface area contributed by atoms with Gasteiger partial charge in [0.15, 0.2) is 18.2 Å². The molecule has 2 aliphatic carbocycles. The van der Waals surface area contributed by atoms with Crippen molar-refractivity contribution in [2.45, 2.75) is 121 Å². The van der Waals surface area contributed by atoms with E-state index < -0.39 is 94.6 Å². The summed E-state index contributed by atoms with van der Waals surface area (Å²) in [5.41, 5.74) is -5.68. The van der Waals surface area contributed by atoms with Crippen molar-refractivity contribution < 1.29 is 63.6 Å². The summed E-state index contributed by atoms with van der Waals surface area (Å²) in [6.45, 7) is 10.1. The molecule has 5 fully saturated rings. The average Bonchev–Trinajstić information content (AvgIpc) is 3.46. The number of fused-ring (bicyclic) bond motifs is 4. The van der Waals surface area contributed by atoms with E-state index in [4.69, 9.17) is 23.4 Å². The van der Waals surface area contributed by atoms with Gasteiger partial charge < -0.3 is 54.0 Å². The Balaban J connectivity index is 1.49. The third kappa shape index (κ3) is 3.79. The van der Waals surface area contributed by atoms with Gasteiger partial charge in [0.2, 0.25) is 0 Å². The largest absolute Gasteiger partial charge is 0.479 e. The lowest BCUT2D eigenvalue weighted by atomic mass is 9.37. The van der Waals surface area contributed by atoms with Crippen LogP contribution in [0.1, 0.15) is 72.5 Å². The summed E-state index contributed by atoms with van der Waals surface area (Å²) in [5.74, 6) is -3.99. The van der Waals surface area contributed by atoms with Gasteiger partial charge in [-0.15, -0.1) is 0 Å².